The highest BCUT2D eigenvalue weighted by Gasteiger charge is 2.52. The number of hydrogen-bond acceptors (Lipinski definition) is 8. The molecule has 0 heterocycles. The van der Waals surface area contributed by atoms with Crippen molar-refractivity contribution >= 4 is 46.7 Å². The summed E-state index contributed by atoms with van der Waals surface area (Å²) in [5, 5.41) is 7.91. The average molecular weight is 553 g/mol. The zero-order chi connectivity index (χ0) is 27.0. The number of rotatable bonds is 12. The zero-order valence-corrected chi connectivity index (χ0v) is 22.3. The van der Waals surface area contributed by atoms with E-state index in [1.54, 1.807) is 37.3 Å². The van der Waals surface area contributed by atoms with Crippen molar-refractivity contribution in [2.45, 2.75) is 23.8 Å². The molecule has 2 aromatic carbocycles. The number of halogens is 3. The molecular formula is C26H27Cl2FN2O6. The summed E-state index contributed by atoms with van der Waals surface area (Å²) in [6.45, 7) is 1.97. The van der Waals surface area contributed by atoms with Crippen molar-refractivity contribution in [1.29, 1.82) is 0 Å². The van der Waals surface area contributed by atoms with Crippen LogP contribution in [0, 0.1) is 11.7 Å². The maximum atomic E-state index is 14.6. The van der Waals surface area contributed by atoms with E-state index < -0.39 is 22.2 Å². The van der Waals surface area contributed by atoms with Gasteiger partial charge in [0.15, 0.2) is 11.6 Å². The van der Waals surface area contributed by atoms with Crippen molar-refractivity contribution in [2.24, 2.45) is 16.2 Å². The number of methoxy groups -OCH3 is 2. The fraction of sp³-hybridized carbons (Fsp3) is 0.346. The van der Waals surface area contributed by atoms with E-state index >= 15 is 0 Å². The fourth-order valence-corrected chi connectivity index (χ4v) is 3.94. The summed E-state index contributed by atoms with van der Waals surface area (Å²) in [5.41, 5.74) is 2.06. The molecule has 0 saturated heterocycles. The molecule has 0 amide bonds. The smallest absolute Gasteiger partial charge is 0.341 e. The molecule has 3 rings (SSSR count). The number of oxime groups is 2. The Morgan fingerprint density at radius 1 is 1.22 bits per heavy atom. The summed E-state index contributed by atoms with van der Waals surface area (Å²) in [4.78, 5) is 22.8. The van der Waals surface area contributed by atoms with Gasteiger partial charge in [-0.3, -0.25) is 0 Å². The number of nitrogens with zero attached hydrogens (tertiary/aromatic N) is 2. The summed E-state index contributed by atoms with van der Waals surface area (Å²) in [5.74, 6) is -1.12. The van der Waals surface area contributed by atoms with Gasteiger partial charge in [-0.1, -0.05) is 34.6 Å². The predicted octanol–water partition coefficient (Wildman–Crippen LogP) is 5.67. The van der Waals surface area contributed by atoms with Crippen LogP contribution < -0.4 is 4.74 Å². The van der Waals surface area contributed by atoms with Gasteiger partial charge in [0, 0.05) is 17.0 Å². The molecule has 0 aromatic heterocycles. The van der Waals surface area contributed by atoms with E-state index in [4.69, 9.17) is 47.1 Å². The molecule has 1 fully saturated rings. The Morgan fingerprint density at radius 2 is 1.95 bits per heavy atom. The van der Waals surface area contributed by atoms with Crippen molar-refractivity contribution in [2.75, 3.05) is 27.9 Å². The molecule has 37 heavy (non-hydrogen) atoms. The summed E-state index contributed by atoms with van der Waals surface area (Å²) in [6.07, 6.45) is 2.63. The standard InChI is InChI=1S/C26H27Cl2FN2O6/c1-16(19-7-5-6-8-20(19)21(15-33-2)25(32)34-3)37-30-13-23(31-35-4)17-9-10-24(22(29)11-17)36-14-18-12-26(18,27)28/h5-11,13,15-16,18H,12,14H2,1-4H3. The third-order valence-electron chi connectivity index (χ3n) is 5.54. The highest BCUT2D eigenvalue weighted by Crippen LogP contribution is 2.53. The summed E-state index contributed by atoms with van der Waals surface area (Å²) >= 11 is 12.0. The molecule has 0 radical (unpaired) electrons. The first-order valence-electron chi connectivity index (χ1n) is 11.2. The van der Waals surface area contributed by atoms with E-state index in [1.807, 2.05) is 0 Å². The highest BCUT2D eigenvalue weighted by molar-refractivity contribution is 6.50. The second kappa shape index (κ2) is 12.8. The molecule has 0 aliphatic heterocycles. The minimum atomic E-state index is -0.802. The van der Waals surface area contributed by atoms with Crippen molar-refractivity contribution in [3.8, 4) is 5.75 Å². The maximum Gasteiger partial charge on any atom is 0.341 e. The lowest BCUT2D eigenvalue weighted by atomic mass is 9.97. The number of alkyl halides is 2. The van der Waals surface area contributed by atoms with Gasteiger partial charge in [0.1, 0.15) is 28.8 Å². The Bertz CT molecular complexity index is 1200. The summed E-state index contributed by atoms with van der Waals surface area (Å²) in [6, 6.07) is 11.5. The molecule has 0 N–H and O–H groups in total. The molecular weight excluding hydrogens is 526 g/mol. The molecule has 2 atom stereocenters. The fourth-order valence-electron chi connectivity index (χ4n) is 3.44. The van der Waals surface area contributed by atoms with E-state index in [2.05, 4.69) is 10.3 Å². The first-order chi connectivity index (χ1) is 17.7. The number of ether oxygens (including phenoxy) is 3. The molecule has 1 saturated carbocycles. The van der Waals surface area contributed by atoms with Crippen molar-refractivity contribution in [1.82, 2.24) is 0 Å². The van der Waals surface area contributed by atoms with E-state index in [1.165, 1.54) is 45.9 Å². The third-order valence-corrected chi connectivity index (χ3v) is 6.46. The normalized spacial score (nSPS) is 17.8. The van der Waals surface area contributed by atoms with Crippen molar-refractivity contribution in [3.63, 3.8) is 0 Å². The number of carbonyl (C=O) groups excluding carboxylic acids is 1. The van der Waals surface area contributed by atoms with Gasteiger partial charge in [-0.15, -0.1) is 23.2 Å². The molecule has 8 nitrogen and oxygen atoms in total. The molecule has 198 valence electrons. The van der Waals surface area contributed by atoms with Gasteiger partial charge in [0.2, 0.25) is 0 Å². The lowest BCUT2D eigenvalue weighted by Gasteiger charge is -2.16. The van der Waals surface area contributed by atoms with Crippen LogP contribution >= 0.6 is 23.2 Å². The van der Waals surface area contributed by atoms with Crippen LogP contribution in [0.25, 0.3) is 5.57 Å². The van der Waals surface area contributed by atoms with Crippen molar-refractivity contribution < 1.29 is 33.1 Å². The first-order valence-corrected chi connectivity index (χ1v) is 12.0. The molecule has 11 heteroatoms. The Hall–Kier alpha value is -3.30. The van der Waals surface area contributed by atoms with E-state index in [-0.39, 0.29) is 29.6 Å². The molecule has 1 aliphatic rings. The third kappa shape index (κ3) is 7.36. The van der Waals surface area contributed by atoms with Gasteiger partial charge in [-0.05, 0) is 37.1 Å². The van der Waals surface area contributed by atoms with Crippen molar-refractivity contribution in [3.05, 3.63) is 71.2 Å². The van der Waals surface area contributed by atoms with Gasteiger partial charge < -0.3 is 23.9 Å². The summed E-state index contributed by atoms with van der Waals surface area (Å²) < 4.78 is 29.3. The Balaban J connectivity index is 1.73. The van der Waals surface area contributed by atoms with Crippen LogP contribution in [0.5, 0.6) is 5.75 Å². The van der Waals surface area contributed by atoms with E-state index in [9.17, 15) is 9.18 Å². The summed E-state index contributed by atoms with van der Waals surface area (Å²) in [7, 11) is 4.08. The molecule has 1 aliphatic carbocycles. The van der Waals surface area contributed by atoms with Crippen LogP contribution in [-0.2, 0) is 23.9 Å². The van der Waals surface area contributed by atoms with Gasteiger partial charge in [0.25, 0.3) is 0 Å². The predicted molar refractivity (Wildman–Crippen MR) is 139 cm³/mol. The van der Waals surface area contributed by atoms with E-state index in [0.717, 1.165) is 0 Å². The Kier molecular flexibility index (Phi) is 9.77. The second-order valence-corrected chi connectivity index (χ2v) is 9.65. The second-order valence-electron chi connectivity index (χ2n) is 8.11. The number of benzene rings is 2. The van der Waals surface area contributed by atoms with Crippen LogP contribution in [0.4, 0.5) is 4.39 Å². The Morgan fingerprint density at radius 3 is 2.57 bits per heavy atom. The number of esters is 1. The first kappa shape index (κ1) is 28.3. The van der Waals surface area contributed by atoms with Gasteiger partial charge in [-0.25, -0.2) is 9.18 Å². The Labute approximate surface area is 224 Å². The van der Waals surface area contributed by atoms with Crippen LogP contribution in [0.3, 0.4) is 0 Å². The largest absolute Gasteiger partial charge is 0.503 e. The van der Waals surface area contributed by atoms with Gasteiger partial charge >= 0.3 is 5.97 Å². The quantitative estimate of drug-likeness (QED) is 0.0841. The van der Waals surface area contributed by atoms with Gasteiger partial charge in [-0.2, -0.15) is 0 Å². The van der Waals surface area contributed by atoms with Gasteiger partial charge in [0.05, 0.1) is 33.3 Å². The minimum absolute atomic E-state index is 0.0365. The lowest BCUT2D eigenvalue weighted by Crippen LogP contribution is -2.10. The van der Waals surface area contributed by atoms with Crippen LogP contribution in [0.2, 0.25) is 0 Å². The monoisotopic (exact) mass is 552 g/mol. The highest BCUT2D eigenvalue weighted by atomic mass is 35.5. The molecule has 2 aromatic rings. The van der Waals surface area contributed by atoms with Crippen LogP contribution in [0.1, 0.15) is 36.1 Å². The topological polar surface area (TPSA) is 87.9 Å². The SMILES string of the molecule is COC=C(C(=O)OC)c1ccccc1C(C)ON=CC(=NOC)c1ccc(OCC2CC2(Cl)Cl)c(F)c1. The van der Waals surface area contributed by atoms with Crippen LogP contribution in [0.15, 0.2) is 59.0 Å². The minimum Gasteiger partial charge on any atom is -0.503 e. The molecule has 0 spiro atoms. The molecule has 2 unspecified atom stereocenters. The number of hydrogen-bond donors (Lipinski definition) is 0. The maximum absolute atomic E-state index is 14.6. The van der Waals surface area contributed by atoms with E-state index in [0.29, 0.717) is 23.1 Å². The molecule has 0 bridgehead atoms. The lowest BCUT2D eigenvalue weighted by molar-refractivity contribution is -0.133. The average Bonchev–Trinajstić information content (AvgIpc) is 3.51. The van der Waals surface area contributed by atoms with Crippen LogP contribution in [-0.4, -0.2) is 50.2 Å². The zero-order valence-electron chi connectivity index (χ0n) is 20.7. The number of carbonyl (C=O) groups is 1.